The quantitative estimate of drug-likeness (QED) is 0.401. The number of fused-ring (bicyclic) bond motifs is 4. The number of halogens is 1. The fraction of sp³-hybridized carbons (Fsp3) is 0. The number of aromatic nitrogens is 2. The van der Waals surface area contributed by atoms with Gasteiger partial charge in [0, 0.05) is 16.6 Å². The Kier molecular flexibility index (Phi) is 2.42. The van der Waals surface area contributed by atoms with Crippen LogP contribution in [0.1, 0.15) is 0 Å². The van der Waals surface area contributed by atoms with E-state index in [1.54, 1.807) is 11.3 Å². The van der Waals surface area contributed by atoms with Crippen molar-refractivity contribution in [3.8, 4) is 11.5 Å². The molecule has 106 valence electrons. The molecule has 0 fully saturated rings. The number of rotatable bonds is 1. The van der Waals surface area contributed by atoms with Gasteiger partial charge in [-0.1, -0.05) is 41.1 Å². The zero-order valence-electron chi connectivity index (χ0n) is 11.3. The summed E-state index contributed by atoms with van der Waals surface area (Å²) in [5.74, 6) is 0.791. The lowest BCUT2D eigenvalue weighted by Gasteiger charge is -1.92. The molecule has 0 unspecified atom stereocenters. The highest BCUT2D eigenvalue weighted by Crippen LogP contribution is 2.32. The summed E-state index contributed by atoms with van der Waals surface area (Å²) < 4.78 is 9.10. The summed E-state index contributed by atoms with van der Waals surface area (Å²) in [6.07, 6.45) is 2.01. The lowest BCUT2D eigenvalue weighted by molar-refractivity contribution is 0.629. The van der Waals surface area contributed by atoms with Crippen LogP contribution in [0.25, 0.3) is 37.6 Å². The molecule has 5 rings (SSSR count). The van der Waals surface area contributed by atoms with Crippen molar-refractivity contribution in [3.63, 3.8) is 0 Å². The summed E-state index contributed by atoms with van der Waals surface area (Å²) in [6, 6.07) is 15.9. The molecule has 0 N–H and O–H groups in total. The lowest BCUT2D eigenvalue weighted by atomic mass is 10.2. The second-order valence-electron chi connectivity index (χ2n) is 5.14. The Balaban J connectivity index is 1.74. The van der Waals surface area contributed by atoms with Crippen LogP contribution < -0.4 is 0 Å². The van der Waals surface area contributed by atoms with Gasteiger partial charge in [-0.3, -0.25) is 4.40 Å². The highest BCUT2D eigenvalue weighted by Gasteiger charge is 2.13. The van der Waals surface area contributed by atoms with Crippen molar-refractivity contribution in [1.29, 1.82) is 0 Å². The average Bonchev–Trinajstić information content (AvgIpc) is 3.17. The molecule has 0 amide bonds. The number of para-hydroxylation sites is 1. The van der Waals surface area contributed by atoms with Crippen molar-refractivity contribution in [3.05, 3.63) is 59.8 Å². The third-order valence-corrected chi connectivity index (χ3v) is 4.99. The van der Waals surface area contributed by atoms with Gasteiger partial charge in [-0.2, -0.15) is 0 Å². The monoisotopic (exact) mass is 324 g/mol. The normalized spacial score (nSPS) is 11.9. The SMILES string of the molecule is Clc1ccc2c(c1)sc1nc(-c3cc4ccccc4o3)cn12. The number of hydrogen-bond donors (Lipinski definition) is 0. The van der Waals surface area contributed by atoms with E-state index in [-0.39, 0.29) is 0 Å². The maximum atomic E-state index is 6.05. The molecule has 5 aromatic rings. The van der Waals surface area contributed by atoms with Crippen molar-refractivity contribution in [2.24, 2.45) is 0 Å². The van der Waals surface area contributed by atoms with E-state index in [9.17, 15) is 0 Å². The van der Waals surface area contributed by atoms with Crippen LogP contribution in [0.4, 0.5) is 0 Å². The molecule has 3 heterocycles. The largest absolute Gasteiger partial charge is 0.454 e. The second-order valence-corrected chi connectivity index (χ2v) is 6.59. The van der Waals surface area contributed by atoms with E-state index in [4.69, 9.17) is 16.0 Å². The van der Waals surface area contributed by atoms with Crippen molar-refractivity contribution in [1.82, 2.24) is 9.38 Å². The van der Waals surface area contributed by atoms with E-state index in [2.05, 4.69) is 9.38 Å². The van der Waals surface area contributed by atoms with Gasteiger partial charge in [0.1, 0.15) is 11.3 Å². The molecular formula is C17H9ClN2OS. The standard InChI is InChI=1S/C17H9ClN2OS/c18-11-5-6-13-16(8-11)22-17-19-12(9-20(13)17)15-7-10-3-1-2-4-14(10)21-15/h1-9H. The van der Waals surface area contributed by atoms with Crippen LogP contribution >= 0.6 is 22.9 Å². The summed E-state index contributed by atoms with van der Waals surface area (Å²) >= 11 is 7.67. The summed E-state index contributed by atoms with van der Waals surface area (Å²) in [6.45, 7) is 0. The third kappa shape index (κ3) is 1.71. The average molecular weight is 325 g/mol. The number of benzene rings is 2. The maximum absolute atomic E-state index is 6.05. The smallest absolute Gasteiger partial charge is 0.195 e. The highest BCUT2D eigenvalue weighted by atomic mass is 35.5. The molecule has 0 saturated heterocycles. The minimum atomic E-state index is 0.745. The van der Waals surface area contributed by atoms with Gasteiger partial charge in [-0.25, -0.2) is 4.98 Å². The van der Waals surface area contributed by atoms with E-state index in [0.29, 0.717) is 0 Å². The van der Waals surface area contributed by atoms with Gasteiger partial charge in [-0.05, 0) is 30.3 Å². The number of hydrogen-bond acceptors (Lipinski definition) is 3. The third-order valence-electron chi connectivity index (χ3n) is 3.73. The predicted octanol–water partition coefficient (Wildman–Crippen LogP) is 5.62. The van der Waals surface area contributed by atoms with Crippen LogP contribution in [-0.2, 0) is 0 Å². The molecule has 0 spiro atoms. The number of thiazole rings is 1. The molecule has 5 heteroatoms. The Morgan fingerprint density at radius 2 is 2.00 bits per heavy atom. The Bertz CT molecular complexity index is 1120. The fourth-order valence-electron chi connectivity index (χ4n) is 2.70. The molecule has 0 bridgehead atoms. The molecule has 0 aliphatic carbocycles. The van der Waals surface area contributed by atoms with Crippen LogP contribution in [0.3, 0.4) is 0 Å². The number of nitrogens with zero attached hydrogens (tertiary/aromatic N) is 2. The van der Waals surface area contributed by atoms with Gasteiger partial charge in [0.05, 0.1) is 10.2 Å². The summed E-state index contributed by atoms with van der Waals surface area (Å²) in [5, 5.41) is 1.83. The van der Waals surface area contributed by atoms with Crippen molar-refractivity contribution < 1.29 is 4.42 Å². The Labute approximate surface area is 134 Å². The molecular weight excluding hydrogens is 316 g/mol. The van der Waals surface area contributed by atoms with Crippen molar-refractivity contribution in [2.45, 2.75) is 0 Å². The first-order valence-corrected chi connectivity index (χ1v) is 8.03. The predicted molar refractivity (Wildman–Crippen MR) is 90.8 cm³/mol. The number of imidazole rings is 1. The molecule has 3 nitrogen and oxygen atoms in total. The Morgan fingerprint density at radius 1 is 1.09 bits per heavy atom. The Morgan fingerprint density at radius 3 is 2.91 bits per heavy atom. The van der Waals surface area contributed by atoms with E-state index < -0.39 is 0 Å². The summed E-state index contributed by atoms with van der Waals surface area (Å²) in [4.78, 5) is 5.63. The lowest BCUT2D eigenvalue weighted by Crippen LogP contribution is -1.76. The first-order chi connectivity index (χ1) is 10.8. The van der Waals surface area contributed by atoms with Gasteiger partial charge in [-0.15, -0.1) is 0 Å². The number of furan rings is 1. The van der Waals surface area contributed by atoms with Gasteiger partial charge in [0.15, 0.2) is 10.7 Å². The van der Waals surface area contributed by atoms with E-state index >= 15 is 0 Å². The van der Waals surface area contributed by atoms with E-state index in [1.165, 1.54) is 0 Å². The first-order valence-electron chi connectivity index (χ1n) is 6.84. The molecule has 0 aliphatic rings. The van der Waals surface area contributed by atoms with Gasteiger partial charge in [0.2, 0.25) is 0 Å². The van der Waals surface area contributed by atoms with Gasteiger partial charge in [0.25, 0.3) is 0 Å². The zero-order valence-corrected chi connectivity index (χ0v) is 12.9. The first kappa shape index (κ1) is 12.3. The highest BCUT2D eigenvalue weighted by molar-refractivity contribution is 7.23. The van der Waals surface area contributed by atoms with Crippen molar-refractivity contribution in [2.75, 3.05) is 0 Å². The second kappa shape index (κ2) is 4.35. The molecule has 3 aromatic heterocycles. The topological polar surface area (TPSA) is 30.4 Å². The molecule has 0 saturated carbocycles. The molecule has 2 aromatic carbocycles. The molecule has 0 atom stereocenters. The van der Waals surface area contributed by atoms with E-state index in [0.717, 1.165) is 42.6 Å². The van der Waals surface area contributed by atoms with Crippen molar-refractivity contribution >= 4 is 49.1 Å². The minimum absolute atomic E-state index is 0.745. The van der Waals surface area contributed by atoms with Crippen LogP contribution in [0.2, 0.25) is 5.02 Å². The van der Waals surface area contributed by atoms with Gasteiger partial charge < -0.3 is 4.42 Å². The maximum Gasteiger partial charge on any atom is 0.195 e. The molecule has 22 heavy (non-hydrogen) atoms. The zero-order chi connectivity index (χ0) is 14.7. The minimum Gasteiger partial charge on any atom is -0.454 e. The molecule has 0 radical (unpaired) electrons. The van der Waals surface area contributed by atoms with Crippen LogP contribution in [-0.4, -0.2) is 9.38 Å². The molecule has 0 aliphatic heterocycles. The summed E-state index contributed by atoms with van der Waals surface area (Å²) in [5.41, 5.74) is 2.84. The fourth-order valence-corrected chi connectivity index (χ4v) is 3.99. The van der Waals surface area contributed by atoms with E-state index in [1.807, 2.05) is 54.7 Å². The van der Waals surface area contributed by atoms with Gasteiger partial charge >= 0.3 is 0 Å². The Hall–Kier alpha value is -2.30. The van der Waals surface area contributed by atoms with Crippen LogP contribution in [0.15, 0.2) is 59.1 Å². The van der Waals surface area contributed by atoms with Crippen LogP contribution in [0.5, 0.6) is 0 Å². The summed E-state index contributed by atoms with van der Waals surface area (Å²) in [7, 11) is 0. The van der Waals surface area contributed by atoms with Crippen LogP contribution in [0, 0.1) is 0 Å².